The molecule has 1 aromatic carbocycles. The van der Waals surface area contributed by atoms with Crippen LogP contribution >= 0.6 is 0 Å². The summed E-state index contributed by atoms with van der Waals surface area (Å²) in [7, 11) is 1.59. The molecule has 0 aliphatic heterocycles. The highest BCUT2D eigenvalue weighted by atomic mass is 19.4. The second-order valence-electron chi connectivity index (χ2n) is 7.77. The van der Waals surface area contributed by atoms with Crippen molar-refractivity contribution in [3.8, 4) is 0 Å². The third kappa shape index (κ3) is 5.30. The Kier molecular flexibility index (Phi) is 6.90. The number of methoxy groups -OCH3 is 1. The van der Waals surface area contributed by atoms with E-state index in [0.717, 1.165) is 28.9 Å². The molecule has 10 heteroatoms. The van der Waals surface area contributed by atoms with Gasteiger partial charge in [0.25, 0.3) is 0 Å². The van der Waals surface area contributed by atoms with Crippen molar-refractivity contribution in [2.45, 2.75) is 45.5 Å². The van der Waals surface area contributed by atoms with Gasteiger partial charge in [-0.1, -0.05) is 12.1 Å². The van der Waals surface area contributed by atoms with Gasteiger partial charge in [-0.05, 0) is 63.0 Å². The van der Waals surface area contributed by atoms with Crippen LogP contribution in [0, 0.1) is 5.92 Å². The second kappa shape index (κ2) is 9.46. The first-order valence-electron chi connectivity index (χ1n) is 10.2. The summed E-state index contributed by atoms with van der Waals surface area (Å²) < 4.78 is 46.7. The van der Waals surface area contributed by atoms with E-state index in [9.17, 15) is 22.8 Å². The van der Waals surface area contributed by atoms with E-state index >= 15 is 0 Å². The molecule has 0 spiro atoms. The lowest BCUT2D eigenvalue weighted by molar-refractivity contribution is -0.137. The molecule has 0 bridgehead atoms. The number of benzene rings is 1. The third-order valence-electron chi connectivity index (χ3n) is 5.18. The standard InChI is InChI=1S/C22H25F3N4O3/c1-14(2)29-20(30)27-19(26-17-6-4-5-16(13-17)22(23,24)25)28(21(29)31)12-11-15-7-9-18(32-3)10-8-15/h4-7,9-10,13-15H,8,11-12H2,1-3H3,(H,26,27,30). The summed E-state index contributed by atoms with van der Waals surface area (Å²) >= 11 is 0. The van der Waals surface area contributed by atoms with Gasteiger partial charge in [0, 0.05) is 18.3 Å². The lowest BCUT2D eigenvalue weighted by atomic mass is 9.96. The van der Waals surface area contributed by atoms with Crippen molar-refractivity contribution < 1.29 is 17.9 Å². The first-order valence-corrected chi connectivity index (χ1v) is 10.2. The van der Waals surface area contributed by atoms with Crippen molar-refractivity contribution in [2.24, 2.45) is 5.92 Å². The van der Waals surface area contributed by atoms with Crippen molar-refractivity contribution in [3.05, 3.63) is 74.8 Å². The fourth-order valence-corrected chi connectivity index (χ4v) is 3.45. The van der Waals surface area contributed by atoms with Crippen LogP contribution in [-0.2, 0) is 17.5 Å². The largest absolute Gasteiger partial charge is 0.497 e. The molecular weight excluding hydrogens is 425 g/mol. The number of ether oxygens (including phenoxy) is 1. The summed E-state index contributed by atoms with van der Waals surface area (Å²) in [5.74, 6) is 0.811. The van der Waals surface area contributed by atoms with Crippen molar-refractivity contribution in [1.82, 2.24) is 14.1 Å². The zero-order valence-electron chi connectivity index (χ0n) is 18.0. The zero-order valence-corrected chi connectivity index (χ0v) is 18.0. The highest BCUT2D eigenvalue weighted by molar-refractivity contribution is 5.54. The minimum Gasteiger partial charge on any atom is -0.497 e. The summed E-state index contributed by atoms with van der Waals surface area (Å²) in [6.45, 7) is 3.61. The number of aromatic nitrogens is 3. The first kappa shape index (κ1) is 23.4. The molecule has 1 heterocycles. The Balaban J connectivity index is 1.94. The van der Waals surface area contributed by atoms with Crippen molar-refractivity contribution in [2.75, 3.05) is 12.4 Å². The van der Waals surface area contributed by atoms with E-state index in [1.165, 1.54) is 16.7 Å². The summed E-state index contributed by atoms with van der Waals surface area (Å²) in [4.78, 5) is 29.4. The lowest BCUT2D eigenvalue weighted by Gasteiger charge is -2.20. The van der Waals surface area contributed by atoms with Crippen molar-refractivity contribution in [3.63, 3.8) is 0 Å². The van der Waals surface area contributed by atoms with Gasteiger partial charge in [0.05, 0.1) is 12.7 Å². The van der Waals surface area contributed by atoms with Gasteiger partial charge < -0.3 is 10.1 Å². The monoisotopic (exact) mass is 450 g/mol. The van der Waals surface area contributed by atoms with Gasteiger partial charge in [0.1, 0.15) is 5.76 Å². The number of allylic oxidation sites excluding steroid dienone is 3. The predicted octanol–water partition coefficient (Wildman–Crippen LogP) is 4.24. The van der Waals surface area contributed by atoms with Crippen molar-refractivity contribution >= 4 is 11.6 Å². The number of hydrogen-bond acceptors (Lipinski definition) is 5. The zero-order chi connectivity index (χ0) is 23.5. The first-order chi connectivity index (χ1) is 15.1. The van der Waals surface area contributed by atoms with Crippen LogP contribution in [0.15, 0.2) is 57.8 Å². The number of alkyl halides is 3. The highest BCUT2D eigenvalue weighted by Crippen LogP contribution is 2.31. The average molecular weight is 450 g/mol. The summed E-state index contributed by atoms with van der Waals surface area (Å²) in [5, 5.41) is 2.73. The Morgan fingerprint density at radius 3 is 2.62 bits per heavy atom. The third-order valence-corrected chi connectivity index (χ3v) is 5.18. The van der Waals surface area contributed by atoms with Crippen LogP contribution in [0.1, 0.15) is 38.3 Å². The fourth-order valence-electron chi connectivity index (χ4n) is 3.45. The van der Waals surface area contributed by atoms with Crippen LogP contribution in [0.4, 0.5) is 24.8 Å². The summed E-state index contributed by atoms with van der Waals surface area (Å²) in [6, 6.07) is 4.10. The van der Waals surface area contributed by atoms with E-state index in [0.29, 0.717) is 6.42 Å². The molecule has 2 aromatic rings. The molecular formula is C22H25F3N4O3. The quantitative estimate of drug-likeness (QED) is 0.683. The van der Waals surface area contributed by atoms with Crippen LogP contribution in [0.3, 0.4) is 0 Å². The van der Waals surface area contributed by atoms with E-state index in [1.807, 2.05) is 18.2 Å². The van der Waals surface area contributed by atoms with Crippen LogP contribution in [-0.4, -0.2) is 21.2 Å². The number of anilines is 2. The van der Waals surface area contributed by atoms with E-state index in [-0.39, 0.29) is 24.1 Å². The number of nitrogens with zero attached hydrogens (tertiary/aromatic N) is 3. The Morgan fingerprint density at radius 2 is 2.03 bits per heavy atom. The maximum atomic E-state index is 13.1. The molecule has 0 fully saturated rings. The van der Waals surface area contributed by atoms with Gasteiger partial charge in [0.15, 0.2) is 0 Å². The van der Waals surface area contributed by atoms with Gasteiger partial charge in [-0.2, -0.15) is 18.2 Å². The van der Waals surface area contributed by atoms with Gasteiger partial charge in [-0.3, -0.25) is 4.57 Å². The molecule has 172 valence electrons. The molecule has 1 aromatic heterocycles. The van der Waals surface area contributed by atoms with Crippen LogP contribution in [0.25, 0.3) is 0 Å². The Labute approximate surface area is 182 Å². The Morgan fingerprint density at radius 1 is 1.28 bits per heavy atom. The Bertz CT molecular complexity index is 1150. The number of nitrogens with one attached hydrogen (secondary N) is 1. The van der Waals surface area contributed by atoms with Gasteiger partial charge in [-0.15, -0.1) is 0 Å². The average Bonchev–Trinajstić information content (AvgIpc) is 2.73. The second-order valence-corrected chi connectivity index (χ2v) is 7.77. The van der Waals surface area contributed by atoms with Crippen molar-refractivity contribution in [1.29, 1.82) is 0 Å². The normalized spacial score (nSPS) is 16.2. The molecule has 7 nitrogen and oxygen atoms in total. The molecule has 1 aliphatic carbocycles. The molecule has 3 rings (SSSR count). The van der Waals surface area contributed by atoms with Gasteiger partial charge in [-0.25, -0.2) is 14.2 Å². The number of hydrogen-bond donors (Lipinski definition) is 1. The van der Waals surface area contributed by atoms with Crippen LogP contribution in [0.2, 0.25) is 0 Å². The topological polar surface area (TPSA) is 78.2 Å². The molecule has 1 aliphatic rings. The SMILES string of the molecule is COC1=CCC(CCn2c(Nc3cccc(C(F)(F)F)c3)nc(=O)n(C(C)C)c2=O)C=C1. The van der Waals surface area contributed by atoms with Gasteiger partial charge >= 0.3 is 17.6 Å². The molecule has 1 unspecified atom stereocenters. The van der Waals surface area contributed by atoms with E-state index < -0.39 is 29.2 Å². The number of halogens is 3. The Hall–Kier alpha value is -3.30. The van der Waals surface area contributed by atoms with Crippen LogP contribution < -0.4 is 16.7 Å². The molecule has 1 atom stereocenters. The smallest absolute Gasteiger partial charge is 0.416 e. The maximum absolute atomic E-state index is 13.1. The van der Waals surface area contributed by atoms with E-state index in [1.54, 1.807) is 21.0 Å². The minimum absolute atomic E-state index is 0.0763. The van der Waals surface area contributed by atoms with E-state index in [4.69, 9.17) is 4.74 Å². The summed E-state index contributed by atoms with van der Waals surface area (Å²) in [5.41, 5.74) is -2.10. The molecule has 0 amide bonds. The fraction of sp³-hybridized carbons (Fsp3) is 0.409. The van der Waals surface area contributed by atoms with Gasteiger partial charge in [0.2, 0.25) is 5.95 Å². The highest BCUT2D eigenvalue weighted by Gasteiger charge is 2.30. The molecule has 0 saturated carbocycles. The maximum Gasteiger partial charge on any atom is 0.416 e. The minimum atomic E-state index is -4.52. The van der Waals surface area contributed by atoms with E-state index in [2.05, 4.69) is 10.3 Å². The molecule has 0 saturated heterocycles. The lowest BCUT2D eigenvalue weighted by Crippen LogP contribution is -2.43. The molecule has 1 N–H and O–H groups in total. The molecule has 32 heavy (non-hydrogen) atoms. The summed E-state index contributed by atoms with van der Waals surface area (Å²) in [6.07, 6.45) is 2.55. The molecule has 0 radical (unpaired) electrons. The van der Waals surface area contributed by atoms with Crippen LogP contribution in [0.5, 0.6) is 0 Å². The predicted molar refractivity (Wildman–Crippen MR) is 115 cm³/mol. The number of rotatable bonds is 7.